The largest absolute Gasteiger partial charge is 0.445 e. The predicted molar refractivity (Wildman–Crippen MR) is 109 cm³/mol. The molecule has 1 saturated carbocycles. The van der Waals surface area contributed by atoms with Gasteiger partial charge in [-0.15, -0.1) is 0 Å². The number of amides is 1. The monoisotopic (exact) mass is 452 g/mol. The van der Waals surface area contributed by atoms with Crippen LogP contribution in [0, 0.1) is 0 Å². The van der Waals surface area contributed by atoms with Gasteiger partial charge >= 0.3 is 6.09 Å². The van der Waals surface area contributed by atoms with Gasteiger partial charge in [-0.25, -0.2) is 9.78 Å². The second-order valence-electron chi connectivity index (χ2n) is 6.72. The highest BCUT2D eigenvalue weighted by Gasteiger charge is 2.33. The number of nitrogens with zero attached hydrogens (tertiary/aromatic N) is 2. The van der Waals surface area contributed by atoms with Gasteiger partial charge in [-0.3, -0.25) is 0 Å². The zero-order chi connectivity index (χ0) is 19.1. The zero-order valence-corrected chi connectivity index (χ0v) is 17.2. The van der Waals surface area contributed by atoms with Crippen molar-refractivity contribution in [3.63, 3.8) is 0 Å². The lowest BCUT2D eigenvalue weighted by atomic mass is 9.81. The van der Waals surface area contributed by atoms with Gasteiger partial charge in [-0.1, -0.05) is 49.6 Å². The van der Waals surface area contributed by atoms with Crippen molar-refractivity contribution in [1.82, 2.24) is 15.3 Å². The van der Waals surface area contributed by atoms with Crippen molar-refractivity contribution in [2.75, 3.05) is 11.9 Å². The molecule has 1 aromatic heterocycles. The number of carbonyl (C=O) groups excluding carboxylic acids is 1. The van der Waals surface area contributed by atoms with Gasteiger partial charge in [0.2, 0.25) is 5.28 Å². The summed E-state index contributed by atoms with van der Waals surface area (Å²) in [7, 11) is 0. The molecule has 3 rings (SSSR count). The Bertz CT molecular complexity index is 770. The van der Waals surface area contributed by atoms with Gasteiger partial charge in [0.25, 0.3) is 0 Å². The van der Waals surface area contributed by atoms with Crippen LogP contribution >= 0.6 is 27.5 Å². The third-order valence-electron chi connectivity index (χ3n) is 4.69. The van der Waals surface area contributed by atoms with Gasteiger partial charge in [0.15, 0.2) is 0 Å². The second-order valence-corrected chi connectivity index (χ2v) is 7.91. The molecule has 0 aliphatic heterocycles. The van der Waals surface area contributed by atoms with Crippen molar-refractivity contribution in [2.45, 2.75) is 44.2 Å². The minimum Gasteiger partial charge on any atom is -0.445 e. The van der Waals surface area contributed by atoms with Crippen LogP contribution in [-0.2, 0) is 11.3 Å². The highest BCUT2D eigenvalue weighted by Crippen LogP contribution is 2.33. The van der Waals surface area contributed by atoms with E-state index in [1.54, 1.807) is 6.20 Å². The van der Waals surface area contributed by atoms with E-state index in [9.17, 15) is 4.79 Å². The smallest absolute Gasteiger partial charge is 0.407 e. The summed E-state index contributed by atoms with van der Waals surface area (Å²) < 4.78 is 6.06. The lowest BCUT2D eigenvalue weighted by molar-refractivity contribution is 0.136. The summed E-state index contributed by atoms with van der Waals surface area (Å²) in [6, 6.07) is 9.62. The molecule has 0 bridgehead atoms. The first-order valence-electron chi connectivity index (χ1n) is 8.97. The Kier molecular flexibility index (Phi) is 6.90. The molecule has 1 fully saturated rings. The Labute approximate surface area is 172 Å². The topological polar surface area (TPSA) is 76.1 Å². The summed E-state index contributed by atoms with van der Waals surface area (Å²) in [5, 5.41) is 6.56. The molecular weight excluding hydrogens is 432 g/mol. The van der Waals surface area contributed by atoms with E-state index >= 15 is 0 Å². The number of benzene rings is 1. The molecule has 144 valence electrons. The molecule has 2 N–H and O–H groups in total. The van der Waals surface area contributed by atoms with Crippen LogP contribution in [0.1, 0.15) is 37.7 Å². The first kappa shape index (κ1) is 19.9. The van der Waals surface area contributed by atoms with Crippen LogP contribution in [0.5, 0.6) is 0 Å². The van der Waals surface area contributed by atoms with E-state index in [4.69, 9.17) is 16.3 Å². The van der Waals surface area contributed by atoms with Crippen LogP contribution in [-0.4, -0.2) is 28.1 Å². The highest BCUT2D eigenvalue weighted by atomic mass is 79.9. The maximum Gasteiger partial charge on any atom is 0.407 e. The molecule has 2 aromatic rings. The number of rotatable bonds is 6. The number of nitrogens with one attached hydrogen (secondary N) is 2. The summed E-state index contributed by atoms with van der Waals surface area (Å²) in [5.74, 6) is 0.636. The van der Waals surface area contributed by atoms with E-state index in [1.807, 2.05) is 30.3 Å². The molecule has 1 aromatic carbocycles. The molecular formula is C19H22BrClN4O2. The fourth-order valence-electron chi connectivity index (χ4n) is 3.27. The summed E-state index contributed by atoms with van der Waals surface area (Å²) in [5.41, 5.74) is 0.669. The summed E-state index contributed by atoms with van der Waals surface area (Å²) in [6.45, 7) is 0.703. The minimum atomic E-state index is -0.426. The van der Waals surface area contributed by atoms with Crippen LogP contribution in [0.3, 0.4) is 0 Å². The third-order valence-corrected chi connectivity index (χ3v) is 5.46. The van der Waals surface area contributed by atoms with E-state index in [1.165, 1.54) is 6.42 Å². The molecule has 27 heavy (non-hydrogen) atoms. The van der Waals surface area contributed by atoms with Crippen LogP contribution in [0.4, 0.5) is 10.6 Å². The number of hydrogen-bond donors (Lipinski definition) is 2. The SMILES string of the molecule is O=C(NCC1(Nc2nc(Cl)ncc2Br)CCCCC1)OCc1ccccc1. The maximum absolute atomic E-state index is 12.2. The number of alkyl carbamates (subject to hydrolysis) is 1. The van der Waals surface area contributed by atoms with Gasteiger partial charge < -0.3 is 15.4 Å². The average Bonchev–Trinajstić information content (AvgIpc) is 2.69. The van der Waals surface area contributed by atoms with E-state index in [-0.39, 0.29) is 17.4 Å². The standard InChI is InChI=1S/C19H22BrClN4O2/c20-15-11-22-17(21)24-16(15)25-19(9-5-2-6-10-19)13-23-18(26)27-12-14-7-3-1-4-8-14/h1,3-4,7-8,11H,2,5-6,9-10,12-13H2,(H,23,26)(H,22,24,25). The Morgan fingerprint density at radius 1 is 1.22 bits per heavy atom. The van der Waals surface area contributed by atoms with Crippen molar-refractivity contribution in [3.05, 3.63) is 51.8 Å². The van der Waals surface area contributed by atoms with Gasteiger partial charge in [0, 0.05) is 12.7 Å². The molecule has 0 radical (unpaired) electrons. The zero-order valence-electron chi connectivity index (χ0n) is 14.9. The van der Waals surface area contributed by atoms with Crippen molar-refractivity contribution in [1.29, 1.82) is 0 Å². The Hall–Kier alpha value is -1.86. The van der Waals surface area contributed by atoms with Crippen LogP contribution in [0.25, 0.3) is 0 Å². The summed E-state index contributed by atoms with van der Waals surface area (Å²) >= 11 is 9.39. The fraction of sp³-hybridized carbons (Fsp3) is 0.421. The molecule has 1 amide bonds. The molecule has 1 heterocycles. The third kappa shape index (κ3) is 5.81. The quantitative estimate of drug-likeness (QED) is 0.606. The summed E-state index contributed by atoms with van der Waals surface area (Å²) in [6.07, 6.45) is 6.42. The number of carbonyl (C=O) groups is 1. The van der Waals surface area contributed by atoms with Gasteiger partial charge in [0.05, 0.1) is 10.0 Å². The Morgan fingerprint density at radius 2 is 1.96 bits per heavy atom. The average molecular weight is 454 g/mol. The Balaban J connectivity index is 1.60. The normalized spacial score (nSPS) is 15.8. The molecule has 0 spiro atoms. The van der Waals surface area contributed by atoms with Crippen molar-refractivity contribution >= 4 is 39.4 Å². The van der Waals surface area contributed by atoms with Crippen molar-refractivity contribution < 1.29 is 9.53 Å². The van der Waals surface area contributed by atoms with Crippen molar-refractivity contribution in [2.24, 2.45) is 0 Å². The summed E-state index contributed by atoms with van der Waals surface area (Å²) in [4.78, 5) is 20.4. The van der Waals surface area contributed by atoms with Gasteiger partial charge in [0.1, 0.15) is 12.4 Å². The predicted octanol–water partition coefficient (Wildman–Crippen LogP) is 4.93. The number of anilines is 1. The molecule has 1 aliphatic rings. The van der Waals surface area contributed by atoms with E-state index in [0.717, 1.165) is 35.7 Å². The maximum atomic E-state index is 12.2. The molecule has 0 unspecified atom stereocenters. The number of hydrogen-bond acceptors (Lipinski definition) is 5. The first-order valence-corrected chi connectivity index (χ1v) is 10.1. The molecule has 8 heteroatoms. The lowest BCUT2D eigenvalue weighted by Gasteiger charge is -2.38. The second kappa shape index (κ2) is 9.37. The Morgan fingerprint density at radius 3 is 2.70 bits per heavy atom. The van der Waals surface area contributed by atoms with Gasteiger partial charge in [-0.2, -0.15) is 4.98 Å². The molecule has 6 nitrogen and oxygen atoms in total. The van der Waals surface area contributed by atoms with Crippen LogP contribution in [0.15, 0.2) is 41.0 Å². The highest BCUT2D eigenvalue weighted by molar-refractivity contribution is 9.10. The van der Waals surface area contributed by atoms with Gasteiger partial charge in [-0.05, 0) is 45.9 Å². The van der Waals surface area contributed by atoms with E-state index < -0.39 is 6.09 Å². The number of halogens is 2. The fourth-order valence-corrected chi connectivity index (χ4v) is 3.70. The van der Waals surface area contributed by atoms with Crippen LogP contribution < -0.4 is 10.6 Å². The number of aromatic nitrogens is 2. The molecule has 0 atom stereocenters. The molecule has 0 saturated heterocycles. The minimum absolute atomic E-state index is 0.182. The van der Waals surface area contributed by atoms with Crippen molar-refractivity contribution in [3.8, 4) is 0 Å². The van der Waals surface area contributed by atoms with E-state index in [2.05, 4.69) is 36.5 Å². The number of ether oxygens (including phenoxy) is 1. The van der Waals surface area contributed by atoms with Crippen LogP contribution in [0.2, 0.25) is 5.28 Å². The first-order chi connectivity index (χ1) is 13.1. The van der Waals surface area contributed by atoms with E-state index in [0.29, 0.717) is 12.4 Å². The molecule has 1 aliphatic carbocycles. The lowest BCUT2D eigenvalue weighted by Crippen LogP contribution is -2.50.